The lowest BCUT2D eigenvalue weighted by molar-refractivity contribution is 0.216. The fourth-order valence-corrected chi connectivity index (χ4v) is 4.99. The molecule has 7 nitrogen and oxygen atoms in total. The summed E-state index contributed by atoms with van der Waals surface area (Å²) in [6.45, 7) is 0.622. The average molecular weight is 377 g/mol. The molecule has 4 rings (SSSR count). The number of rotatable bonds is 5. The lowest BCUT2D eigenvalue weighted by Crippen LogP contribution is -2.48. The van der Waals surface area contributed by atoms with Crippen LogP contribution in [0.1, 0.15) is 11.8 Å². The van der Waals surface area contributed by atoms with Crippen molar-refractivity contribution in [3.8, 4) is 17.1 Å². The highest BCUT2D eigenvalue weighted by molar-refractivity contribution is 7.89. The zero-order chi connectivity index (χ0) is 17.4. The topological polar surface area (TPSA) is 85.5 Å². The Labute approximate surface area is 148 Å². The van der Waals surface area contributed by atoms with E-state index in [4.69, 9.17) is 9.26 Å². The summed E-state index contributed by atoms with van der Waals surface area (Å²) in [6, 6.07) is 8.51. The molecule has 130 valence electrons. The molecule has 3 heterocycles. The minimum Gasteiger partial charge on any atom is -0.495 e. The summed E-state index contributed by atoms with van der Waals surface area (Å²) in [5.41, 5.74) is 0.901. The molecular weight excluding hydrogens is 362 g/mol. The highest BCUT2D eigenvalue weighted by Gasteiger charge is 2.41. The van der Waals surface area contributed by atoms with E-state index in [1.165, 1.54) is 11.4 Å². The Hall–Kier alpha value is -2.23. The van der Waals surface area contributed by atoms with Gasteiger partial charge in [-0.15, -0.1) is 0 Å². The van der Waals surface area contributed by atoms with Gasteiger partial charge in [0.2, 0.25) is 21.7 Å². The molecule has 1 aliphatic rings. The van der Waals surface area contributed by atoms with Crippen molar-refractivity contribution in [1.29, 1.82) is 0 Å². The molecule has 0 unspecified atom stereocenters. The maximum Gasteiger partial charge on any atom is 0.246 e. The van der Waals surface area contributed by atoms with Crippen LogP contribution in [-0.2, 0) is 10.0 Å². The fourth-order valence-electron chi connectivity index (χ4n) is 2.67. The number of aromatic nitrogens is 2. The van der Waals surface area contributed by atoms with Crippen LogP contribution < -0.4 is 4.74 Å². The van der Waals surface area contributed by atoms with E-state index in [-0.39, 0.29) is 10.8 Å². The molecule has 0 aliphatic carbocycles. The first-order chi connectivity index (χ1) is 12.1. The normalized spacial score (nSPS) is 15.9. The SMILES string of the molecule is COc1ccccc1S(=O)(=O)N1CC(c2nc(-c3ccsc3)no2)C1. The van der Waals surface area contributed by atoms with Gasteiger partial charge < -0.3 is 9.26 Å². The summed E-state index contributed by atoms with van der Waals surface area (Å²) in [5, 5.41) is 7.85. The van der Waals surface area contributed by atoms with Crippen molar-refractivity contribution in [2.75, 3.05) is 20.2 Å². The van der Waals surface area contributed by atoms with Gasteiger partial charge in [-0.1, -0.05) is 17.3 Å². The summed E-state index contributed by atoms with van der Waals surface area (Å²) >= 11 is 1.56. The second-order valence-corrected chi connectivity index (χ2v) is 8.32. The smallest absolute Gasteiger partial charge is 0.246 e. The van der Waals surface area contributed by atoms with Gasteiger partial charge in [-0.2, -0.15) is 20.6 Å². The second kappa shape index (κ2) is 6.25. The van der Waals surface area contributed by atoms with Gasteiger partial charge >= 0.3 is 0 Å². The first-order valence-electron chi connectivity index (χ1n) is 7.59. The van der Waals surface area contributed by atoms with Crippen molar-refractivity contribution in [2.45, 2.75) is 10.8 Å². The number of methoxy groups -OCH3 is 1. The van der Waals surface area contributed by atoms with Gasteiger partial charge in [0, 0.05) is 24.0 Å². The molecule has 0 spiro atoms. The first-order valence-corrected chi connectivity index (χ1v) is 9.97. The van der Waals surface area contributed by atoms with Crippen molar-refractivity contribution in [3.05, 3.63) is 47.0 Å². The number of sulfonamides is 1. The lowest BCUT2D eigenvalue weighted by Gasteiger charge is -2.35. The van der Waals surface area contributed by atoms with Crippen molar-refractivity contribution in [2.24, 2.45) is 0 Å². The largest absolute Gasteiger partial charge is 0.495 e. The average Bonchev–Trinajstić information content (AvgIpc) is 3.24. The molecule has 9 heteroatoms. The molecule has 0 amide bonds. The third-order valence-corrected chi connectivity index (χ3v) is 6.66. The quantitative estimate of drug-likeness (QED) is 0.679. The van der Waals surface area contributed by atoms with Crippen LogP contribution in [0.25, 0.3) is 11.4 Å². The molecule has 0 bridgehead atoms. The van der Waals surface area contributed by atoms with Crippen LogP contribution in [0.2, 0.25) is 0 Å². The zero-order valence-electron chi connectivity index (χ0n) is 13.3. The molecule has 1 aromatic carbocycles. The lowest BCUT2D eigenvalue weighted by atomic mass is 10.0. The maximum atomic E-state index is 12.7. The Morgan fingerprint density at radius 2 is 2.08 bits per heavy atom. The highest BCUT2D eigenvalue weighted by Crippen LogP contribution is 2.35. The van der Waals surface area contributed by atoms with Gasteiger partial charge in [-0.3, -0.25) is 0 Å². The van der Waals surface area contributed by atoms with Crippen molar-refractivity contribution in [1.82, 2.24) is 14.4 Å². The predicted octanol–water partition coefficient (Wildman–Crippen LogP) is 2.59. The van der Waals surface area contributed by atoms with Crippen LogP contribution in [-0.4, -0.2) is 43.1 Å². The number of nitrogens with zero attached hydrogens (tertiary/aromatic N) is 3. The van der Waals surface area contributed by atoms with E-state index in [9.17, 15) is 8.42 Å². The molecule has 25 heavy (non-hydrogen) atoms. The van der Waals surface area contributed by atoms with Crippen LogP contribution in [0.5, 0.6) is 5.75 Å². The number of hydrogen-bond donors (Lipinski definition) is 0. The molecule has 1 saturated heterocycles. The van der Waals surface area contributed by atoms with Crippen molar-refractivity contribution in [3.63, 3.8) is 0 Å². The molecule has 0 N–H and O–H groups in total. The van der Waals surface area contributed by atoms with E-state index >= 15 is 0 Å². The van der Waals surface area contributed by atoms with Gasteiger partial charge in [0.15, 0.2) is 0 Å². The molecular formula is C16H15N3O4S2. The predicted molar refractivity (Wildman–Crippen MR) is 92.1 cm³/mol. The van der Waals surface area contributed by atoms with E-state index in [1.807, 2.05) is 16.8 Å². The molecule has 0 atom stereocenters. The summed E-state index contributed by atoms with van der Waals surface area (Å²) in [6.07, 6.45) is 0. The fraction of sp³-hybridized carbons (Fsp3) is 0.250. The summed E-state index contributed by atoms with van der Waals surface area (Å²) < 4.78 is 37.3. The van der Waals surface area contributed by atoms with E-state index in [0.717, 1.165) is 5.56 Å². The van der Waals surface area contributed by atoms with Gasteiger partial charge in [-0.25, -0.2) is 8.42 Å². The van der Waals surface area contributed by atoms with Crippen molar-refractivity contribution < 1.29 is 17.7 Å². The first kappa shape index (κ1) is 16.2. The number of benzene rings is 1. The molecule has 2 aromatic heterocycles. The number of hydrogen-bond acceptors (Lipinski definition) is 7. The second-order valence-electron chi connectivity index (χ2n) is 5.64. The number of ether oxygens (including phenoxy) is 1. The van der Waals surface area contributed by atoms with Crippen molar-refractivity contribution >= 4 is 21.4 Å². The molecule has 0 radical (unpaired) electrons. The standard InChI is InChI=1S/C16H15N3O4S2/c1-22-13-4-2-3-5-14(13)25(20,21)19-8-12(9-19)16-17-15(18-23-16)11-6-7-24-10-11/h2-7,10,12H,8-9H2,1H3. The van der Waals surface area contributed by atoms with E-state index in [2.05, 4.69) is 10.1 Å². The van der Waals surface area contributed by atoms with Crippen LogP contribution in [0.3, 0.4) is 0 Å². The molecule has 0 saturated carbocycles. The molecule has 1 aliphatic heterocycles. The maximum absolute atomic E-state index is 12.7. The van der Waals surface area contributed by atoms with Gasteiger partial charge in [0.1, 0.15) is 10.6 Å². The minimum absolute atomic E-state index is 0.0932. The Bertz CT molecular complexity index is 976. The Balaban J connectivity index is 1.50. The zero-order valence-corrected chi connectivity index (χ0v) is 15.0. The Morgan fingerprint density at radius 1 is 1.28 bits per heavy atom. The third-order valence-electron chi connectivity index (χ3n) is 4.11. The summed E-state index contributed by atoms with van der Waals surface area (Å²) in [5.74, 6) is 1.24. The summed E-state index contributed by atoms with van der Waals surface area (Å²) in [4.78, 5) is 4.55. The van der Waals surface area contributed by atoms with Crippen LogP contribution in [0.15, 0.2) is 50.5 Å². The van der Waals surface area contributed by atoms with Gasteiger partial charge in [0.05, 0.1) is 13.0 Å². The van der Waals surface area contributed by atoms with Gasteiger partial charge in [0.25, 0.3) is 0 Å². The van der Waals surface area contributed by atoms with Gasteiger partial charge in [-0.05, 0) is 23.6 Å². The monoisotopic (exact) mass is 377 g/mol. The van der Waals surface area contributed by atoms with Crippen LogP contribution >= 0.6 is 11.3 Å². The number of thiophene rings is 1. The van der Waals surface area contributed by atoms with Crippen LogP contribution in [0, 0.1) is 0 Å². The van der Waals surface area contributed by atoms with E-state index < -0.39 is 10.0 Å². The molecule has 3 aromatic rings. The van der Waals surface area contributed by atoms with E-state index in [1.54, 1.807) is 35.6 Å². The molecule has 1 fully saturated rings. The number of para-hydroxylation sites is 1. The van der Waals surface area contributed by atoms with E-state index in [0.29, 0.717) is 30.6 Å². The Kier molecular flexibility index (Phi) is 4.06. The minimum atomic E-state index is -3.60. The summed E-state index contributed by atoms with van der Waals surface area (Å²) in [7, 11) is -2.15. The van der Waals surface area contributed by atoms with Crippen LogP contribution in [0.4, 0.5) is 0 Å². The third kappa shape index (κ3) is 2.84. The highest BCUT2D eigenvalue weighted by atomic mass is 32.2. The Morgan fingerprint density at radius 3 is 2.80 bits per heavy atom.